The van der Waals surface area contributed by atoms with Gasteiger partial charge in [-0.2, -0.15) is 0 Å². The Kier molecular flexibility index (Phi) is 6.92. The van der Waals surface area contributed by atoms with Gasteiger partial charge in [-0.15, -0.1) is 0 Å². The maximum atomic E-state index is 12.5. The maximum absolute atomic E-state index is 12.5. The number of benzene rings is 1. The molecule has 1 aromatic carbocycles. The van der Waals surface area contributed by atoms with Crippen LogP contribution in [0.5, 0.6) is 0 Å². The SMILES string of the molecule is NCc1cccc(C2CCN(C(=O)CCCC3CCCCC3)CC2)c1. The Morgan fingerprint density at radius 1 is 1.08 bits per heavy atom. The molecule has 1 saturated carbocycles. The van der Waals surface area contributed by atoms with E-state index in [0.717, 1.165) is 44.7 Å². The second-order valence-electron chi connectivity index (χ2n) is 8.00. The largest absolute Gasteiger partial charge is 0.343 e. The average Bonchev–Trinajstić information content (AvgIpc) is 2.69. The Morgan fingerprint density at radius 3 is 2.56 bits per heavy atom. The molecule has 3 rings (SSSR count). The van der Waals surface area contributed by atoms with Gasteiger partial charge in [0.2, 0.25) is 5.91 Å². The zero-order valence-corrected chi connectivity index (χ0v) is 15.6. The summed E-state index contributed by atoms with van der Waals surface area (Å²) in [6.45, 7) is 2.44. The monoisotopic (exact) mass is 342 g/mol. The molecule has 0 atom stereocenters. The van der Waals surface area contributed by atoms with Crippen molar-refractivity contribution < 1.29 is 4.79 Å². The van der Waals surface area contributed by atoms with E-state index in [9.17, 15) is 4.79 Å². The highest BCUT2D eigenvalue weighted by Crippen LogP contribution is 2.30. The lowest BCUT2D eigenvalue weighted by molar-refractivity contribution is -0.132. The minimum atomic E-state index is 0.380. The van der Waals surface area contributed by atoms with Gasteiger partial charge in [-0.3, -0.25) is 4.79 Å². The van der Waals surface area contributed by atoms with Crippen LogP contribution < -0.4 is 5.73 Å². The van der Waals surface area contributed by atoms with Crippen molar-refractivity contribution in [1.82, 2.24) is 4.90 Å². The molecule has 0 bridgehead atoms. The second-order valence-corrected chi connectivity index (χ2v) is 8.00. The summed E-state index contributed by atoms with van der Waals surface area (Å²) >= 11 is 0. The first kappa shape index (κ1) is 18.4. The van der Waals surface area contributed by atoms with E-state index >= 15 is 0 Å². The van der Waals surface area contributed by atoms with Crippen molar-refractivity contribution in [2.75, 3.05) is 13.1 Å². The molecule has 2 aliphatic rings. The first-order valence-corrected chi connectivity index (χ1v) is 10.3. The highest BCUT2D eigenvalue weighted by atomic mass is 16.2. The number of piperidine rings is 1. The Morgan fingerprint density at radius 2 is 1.84 bits per heavy atom. The van der Waals surface area contributed by atoms with E-state index in [-0.39, 0.29) is 0 Å². The van der Waals surface area contributed by atoms with Gasteiger partial charge in [0.1, 0.15) is 0 Å². The Bertz CT molecular complexity index is 543. The van der Waals surface area contributed by atoms with E-state index in [2.05, 4.69) is 29.2 Å². The molecule has 3 nitrogen and oxygen atoms in total. The molecule has 1 aromatic rings. The lowest BCUT2D eigenvalue weighted by Crippen LogP contribution is -2.37. The third-order valence-corrected chi connectivity index (χ3v) is 6.23. The van der Waals surface area contributed by atoms with Gasteiger partial charge in [0, 0.05) is 26.1 Å². The van der Waals surface area contributed by atoms with Gasteiger partial charge in [-0.1, -0.05) is 56.4 Å². The van der Waals surface area contributed by atoms with E-state index < -0.39 is 0 Å². The number of carbonyl (C=O) groups is 1. The minimum absolute atomic E-state index is 0.380. The Hall–Kier alpha value is -1.35. The molecule has 1 amide bonds. The molecule has 138 valence electrons. The lowest BCUT2D eigenvalue weighted by Gasteiger charge is -2.32. The molecule has 25 heavy (non-hydrogen) atoms. The van der Waals surface area contributed by atoms with Crippen molar-refractivity contribution in [1.29, 1.82) is 0 Å². The number of carbonyl (C=O) groups excluding carboxylic acids is 1. The number of likely N-dealkylation sites (tertiary alicyclic amines) is 1. The number of nitrogens with zero attached hydrogens (tertiary/aromatic N) is 1. The third-order valence-electron chi connectivity index (χ3n) is 6.23. The van der Waals surface area contributed by atoms with Crippen LogP contribution in [0.2, 0.25) is 0 Å². The van der Waals surface area contributed by atoms with Crippen LogP contribution >= 0.6 is 0 Å². The van der Waals surface area contributed by atoms with Gasteiger partial charge in [0.05, 0.1) is 0 Å². The summed E-state index contributed by atoms with van der Waals surface area (Å²) in [5.74, 6) is 1.85. The molecular weight excluding hydrogens is 308 g/mol. The van der Waals surface area contributed by atoms with E-state index in [1.807, 2.05) is 0 Å². The van der Waals surface area contributed by atoms with Crippen molar-refractivity contribution in [2.45, 2.75) is 76.7 Å². The van der Waals surface area contributed by atoms with Crippen LogP contribution in [0, 0.1) is 5.92 Å². The zero-order valence-electron chi connectivity index (χ0n) is 15.6. The fraction of sp³-hybridized carbons (Fsp3) is 0.682. The van der Waals surface area contributed by atoms with Crippen molar-refractivity contribution in [3.05, 3.63) is 35.4 Å². The molecule has 1 aliphatic heterocycles. The van der Waals surface area contributed by atoms with Crippen LogP contribution in [0.1, 0.15) is 81.3 Å². The lowest BCUT2D eigenvalue weighted by atomic mass is 9.85. The van der Waals surface area contributed by atoms with Crippen molar-refractivity contribution in [3.8, 4) is 0 Å². The Labute approximate surface area is 153 Å². The van der Waals surface area contributed by atoms with Gasteiger partial charge in [-0.25, -0.2) is 0 Å². The smallest absolute Gasteiger partial charge is 0.222 e. The predicted octanol–water partition coefficient (Wildman–Crippen LogP) is 4.60. The van der Waals surface area contributed by atoms with Crippen LogP contribution in [-0.2, 0) is 11.3 Å². The van der Waals surface area contributed by atoms with Crippen LogP contribution in [0.25, 0.3) is 0 Å². The summed E-state index contributed by atoms with van der Waals surface area (Å²) in [5, 5.41) is 0. The number of amides is 1. The molecule has 2 N–H and O–H groups in total. The highest BCUT2D eigenvalue weighted by molar-refractivity contribution is 5.76. The first-order valence-electron chi connectivity index (χ1n) is 10.3. The minimum Gasteiger partial charge on any atom is -0.343 e. The molecule has 1 aliphatic carbocycles. The molecule has 0 unspecified atom stereocenters. The van der Waals surface area contributed by atoms with Crippen molar-refractivity contribution in [3.63, 3.8) is 0 Å². The summed E-state index contributed by atoms with van der Waals surface area (Å²) in [6, 6.07) is 8.66. The molecule has 2 fully saturated rings. The van der Waals surface area contributed by atoms with E-state index in [1.54, 1.807) is 0 Å². The second kappa shape index (κ2) is 9.38. The van der Waals surface area contributed by atoms with Gasteiger partial charge >= 0.3 is 0 Å². The number of hydrogen-bond donors (Lipinski definition) is 1. The van der Waals surface area contributed by atoms with Gasteiger partial charge < -0.3 is 10.6 Å². The number of rotatable bonds is 6. The number of nitrogens with two attached hydrogens (primary N) is 1. The highest BCUT2D eigenvalue weighted by Gasteiger charge is 2.24. The Balaban J connectivity index is 1.39. The fourth-order valence-electron chi connectivity index (χ4n) is 4.61. The van der Waals surface area contributed by atoms with Gasteiger partial charge in [-0.05, 0) is 48.6 Å². The van der Waals surface area contributed by atoms with Gasteiger partial charge in [0.15, 0.2) is 0 Å². The quantitative estimate of drug-likeness (QED) is 0.821. The normalized spacial score (nSPS) is 20.0. The molecule has 3 heteroatoms. The molecule has 0 aromatic heterocycles. The topological polar surface area (TPSA) is 46.3 Å². The zero-order chi connectivity index (χ0) is 17.5. The van der Waals surface area contributed by atoms with Crippen LogP contribution in [-0.4, -0.2) is 23.9 Å². The van der Waals surface area contributed by atoms with Crippen molar-refractivity contribution >= 4 is 5.91 Å². The molecular formula is C22H34N2O. The third kappa shape index (κ3) is 5.31. The average molecular weight is 343 g/mol. The van der Waals surface area contributed by atoms with Crippen molar-refractivity contribution in [2.24, 2.45) is 11.7 Å². The summed E-state index contributed by atoms with van der Waals surface area (Å²) in [6.07, 6.45) is 12.3. The van der Waals surface area contributed by atoms with E-state index in [4.69, 9.17) is 5.73 Å². The standard InChI is InChI=1S/C22H34N2O/c23-17-19-9-4-10-21(16-19)20-12-14-24(15-13-20)22(25)11-5-8-18-6-2-1-3-7-18/h4,9-10,16,18,20H,1-3,5-8,11-15,17,23H2. The summed E-state index contributed by atoms with van der Waals surface area (Å²) < 4.78 is 0. The maximum Gasteiger partial charge on any atom is 0.222 e. The van der Waals surface area contributed by atoms with E-state index in [1.165, 1.54) is 49.7 Å². The molecule has 0 radical (unpaired) electrons. The first-order chi connectivity index (χ1) is 12.3. The number of hydrogen-bond acceptors (Lipinski definition) is 2. The van der Waals surface area contributed by atoms with Crippen LogP contribution in [0.3, 0.4) is 0 Å². The molecule has 1 heterocycles. The summed E-state index contributed by atoms with van der Waals surface area (Å²) in [5.41, 5.74) is 8.36. The van der Waals surface area contributed by atoms with Gasteiger partial charge in [0.25, 0.3) is 0 Å². The molecule has 0 spiro atoms. The summed E-state index contributed by atoms with van der Waals surface area (Å²) in [4.78, 5) is 14.6. The molecule has 1 saturated heterocycles. The van der Waals surface area contributed by atoms with Crippen LogP contribution in [0.15, 0.2) is 24.3 Å². The summed E-state index contributed by atoms with van der Waals surface area (Å²) in [7, 11) is 0. The fourth-order valence-corrected chi connectivity index (χ4v) is 4.61. The predicted molar refractivity (Wildman–Crippen MR) is 103 cm³/mol. The van der Waals surface area contributed by atoms with Crippen LogP contribution in [0.4, 0.5) is 0 Å². The van der Waals surface area contributed by atoms with E-state index in [0.29, 0.717) is 18.4 Å².